The van der Waals surface area contributed by atoms with Crippen LogP contribution in [-0.2, 0) is 27.0 Å². The van der Waals surface area contributed by atoms with Crippen molar-refractivity contribution in [3.63, 3.8) is 0 Å². The van der Waals surface area contributed by atoms with Gasteiger partial charge in [-0.05, 0) is 44.4 Å². The molecule has 0 spiro atoms. The third-order valence-electron chi connectivity index (χ3n) is 5.85. The second-order valence-electron chi connectivity index (χ2n) is 8.24. The van der Waals surface area contributed by atoms with Crippen LogP contribution in [0.1, 0.15) is 37.8 Å². The van der Waals surface area contributed by atoms with Gasteiger partial charge in [0.2, 0.25) is 11.9 Å². The lowest BCUT2D eigenvalue weighted by atomic mass is 9.85. The van der Waals surface area contributed by atoms with Crippen LogP contribution >= 0.6 is 11.6 Å². The molecule has 34 heavy (non-hydrogen) atoms. The van der Waals surface area contributed by atoms with E-state index in [1.807, 2.05) is 0 Å². The molecule has 1 aromatic carbocycles. The number of carbonyl (C=O) groups excluding carboxylic acids is 1. The first-order chi connectivity index (χ1) is 15.5. The number of hydrogen-bond donors (Lipinski definition) is 0. The van der Waals surface area contributed by atoms with Gasteiger partial charge < -0.3 is 0 Å². The molecule has 0 radical (unpaired) electrons. The van der Waals surface area contributed by atoms with E-state index >= 15 is 0 Å². The molecule has 0 unspecified atom stereocenters. The van der Waals surface area contributed by atoms with Gasteiger partial charge in [-0.25, -0.2) is 13.4 Å². The summed E-state index contributed by atoms with van der Waals surface area (Å²) in [7, 11) is -4.30. The van der Waals surface area contributed by atoms with E-state index in [9.17, 15) is 39.6 Å². The Hall–Kier alpha value is -2.41. The van der Waals surface area contributed by atoms with Gasteiger partial charge in [0.25, 0.3) is 0 Å². The second-order valence-corrected chi connectivity index (χ2v) is 11.1. The molecule has 2 heterocycles. The van der Waals surface area contributed by atoms with E-state index in [0.29, 0.717) is 12.3 Å². The largest absolute Gasteiger partial charge is 0.420 e. The molecular formula is C20H18ClF6N3O3S. The standard InChI is InChI=1S/C20H18ClF6N3O3S/c1-18(2,34(32,33)13-5-3-4-12(8-13)19(22,23)24)11-6-7-30(15(31)9-11)17-28-10-14(16(21)29-17)20(25,26)27/h3-5,8,10-11H,6-7,9H2,1-2H3/t11-/m0/s1. The summed E-state index contributed by atoms with van der Waals surface area (Å²) < 4.78 is 103. The molecule has 14 heteroatoms. The zero-order chi connectivity index (χ0) is 25.7. The highest BCUT2D eigenvalue weighted by Gasteiger charge is 2.47. The molecule has 6 nitrogen and oxygen atoms in total. The lowest BCUT2D eigenvalue weighted by molar-refractivity contribution is -0.138. The minimum absolute atomic E-state index is 0.0823. The molecule has 0 saturated carbocycles. The predicted octanol–water partition coefficient (Wildman–Crippen LogP) is 5.16. The Morgan fingerprint density at radius 2 is 1.74 bits per heavy atom. The minimum Gasteiger partial charge on any atom is -0.281 e. The van der Waals surface area contributed by atoms with Crippen LogP contribution in [0.15, 0.2) is 35.4 Å². The Labute approximate surface area is 195 Å². The van der Waals surface area contributed by atoms with Crippen molar-refractivity contribution >= 4 is 33.3 Å². The van der Waals surface area contributed by atoms with Crippen LogP contribution < -0.4 is 4.90 Å². The van der Waals surface area contributed by atoms with Gasteiger partial charge in [0.1, 0.15) is 10.7 Å². The normalized spacial score (nSPS) is 18.3. The van der Waals surface area contributed by atoms with Gasteiger partial charge in [0.15, 0.2) is 9.84 Å². The lowest BCUT2D eigenvalue weighted by Gasteiger charge is -2.39. The van der Waals surface area contributed by atoms with Crippen molar-refractivity contribution in [3.8, 4) is 0 Å². The second kappa shape index (κ2) is 8.67. The summed E-state index contributed by atoms with van der Waals surface area (Å²) in [6, 6.07) is 3.35. The zero-order valence-corrected chi connectivity index (χ0v) is 19.3. The van der Waals surface area contributed by atoms with E-state index < -0.39 is 59.9 Å². The Kier molecular flexibility index (Phi) is 6.68. The first kappa shape index (κ1) is 26.2. The molecule has 1 aliphatic rings. The summed E-state index contributed by atoms with van der Waals surface area (Å²) in [6.45, 7) is 2.52. The minimum atomic E-state index is -4.78. The van der Waals surface area contributed by atoms with Gasteiger partial charge in [0.05, 0.1) is 15.2 Å². The van der Waals surface area contributed by atoms with Gasteiger partial charge in [0, 0.05) is 19.2 Å². The average molecular weight is 530 g/mol. The SMILES string of the molecule is CC(C)([C@H]1CCN(c2ncc(C(F)(F)F)c(Cl)n2)C(=O)C1)S(=O)(=O)c1cccc(C(F)(F)F)c1. The van der Waals surface area contributed by atoms with Crippen LogP contribution in [0.4, 0.5) is 32.3 Å². The zero-order valence-electron chi connectivity index (χ0n) is 17.7. The summed E-state index contributed by atoms with van der Waals surface area (Å²) in [5.74, 6) is -1.81. The maximum absolute atomic E-state index is 13.2. The van der Waals surface area contributed by atoms with E-state index in [4.69, 9.17) is 11.6 Å². The van der Waals surface area contributed by atoms with Crippen molar-refractivity contribution in [2.45, 2.75) is 48.7 Å². The number of carbonyl (C=O) groups is 1. The average Bonchev–Trinajstić information content (AvgIpc) is 2.72. The molecule has 1 aliphatic heterocycles. The van der Waals surface area contributed by atoms with Gasteiger partial charge >= 0.3 is 12.4 Å². The number of sulfone groups is 1. The molecule has 3 rings (SSSR count). The van der Waals surface area contributed by atoms with E-state index in [-0.39, 0.29) is 25.3 Å². The Morgan fingerprint density at radius 3 is 2.26 bits per heavy atom. The lowest BCUT2D eigenvalue weighted by Crippen LogP contribution is -2.49. The van der Waals surface area contributed by atoms with Crippen molar-refractivity contribution < 1.29 is 39.6 Å². The number of piperidine rings is 1. The number of halogens is 7. The van der Waals surface area contributed by atoms with Crippen molar-refractivity contribution in [1.82, 2.24) is 9.97 Å². The monoisotopic (exact) mass is 529 g/mol. The van der Waals surface area contributed by atoms with Gasteiger partial charge in [-0.1, -0.05) is 17.7 Å². The Balaban J connectivity index is 1.84. The number of benzene rings is 1. The Morgan fingerprint density at radius 1 is 1.09 bits per heavy atom. The van der Waals surface area contributed by atoms with Crippen molar-refractivity contribution in [3.05, 3.63) is 46.7 Å². The van der Waals surface area contributed by atoms with Gasteiger partial charge in [-0.15, -0.1) is 0 Å². The van der Waals surface area contributed by atoms with Crippen LogP contribution in [0.5, 0.6) is 0 Å². The van der Waals surface area contributed by atoms with Crippen LogP contribution in [0, 0.1) is 5.92 Å². The van der Waals surface area contributed by atoms with Crippen LogP contribution in [-0.4, -0.2) is 35.6 Å². The van der Waals surface area contributed by atoms with Crippen LogP contribution in [0.3, 0.4) is 0 Å². The number of nitrogens with zero attached hydrogens (tertiary/aromatic N) is 3. The summed E-state index contributed by atoms with van der Waals surface area (Å²) in [5.41, 5.74) is -2.39. The first-order valence-corrected chi connectivity index (χ1v) is 11.6. The smallest absolute Gasteiger partial charge is 0.281 e. The fraction of sp³-hybridized carbons (Fsp3) is 0.450. The van der Waals surface area contributed by atoms with Crippen molar-refractivity contribution in [2.24, 2.45) is 5.92 Å². The number of rotatable bonds is 4. The van der Waals surface area contributed by atoms with E-state index in [2.05, 4.69) is 9.97 Å². The summed E-state index contributed by atoms with van der Waals surface area (Å²) >= 11 is 5.59. The fourth-order valence-electron chi connectivity index (χ4n) is 3.67. The summed E-state index contributed by atoms with van der Waals surface area (Å²) in [5, 5.41) is -0.889. The molecule has 186 valence electrons. The van der Waals surface area contributed by atoms with Gasteiger partial charge in [-0.3, -0.25) is 9.69 Å². The fourth-order valence-corrected chi connectivity index (χ4v) is 5.69. The summed E-state index contributed by atoms with van der Waals surface area (Å²) in [6.07, 6.45) is -9.33. The highest BCUT2D eigenvalue weighted by molar-refractivity contribution is 7.92. The molecule has 1 saturated heterocycles. The third-order valence-corrected chi connectivity index (χ3v) is 8.73. The number of hydrogen-bond acceptors (Lipinski definition) is 5. The number of anilines is 1. The van der Waals surface area contributed by atoms with E-state index in [1.54, 1.807) is 0 Å². The molecule has 2 aromatic rings. The first-order valence-electron chi connectivity index (χ1n) is 9.78. The molecule has 0 bridgehead atoms. The maximum atomic E-state index is 13.2. The third kappa shape index (κ3) is 4.85. The van der Waals surface area contributed by atoms with E-state index in [1.165, 1.54) is 13.8 Å². The highest BCUT2D eigenvalue weighted by Crippen LogP contribution is 2.41. The molecular weight excluding hydrogens is 512 g/mol. The number of alkyl halides is 6. The molecule has 1 aromatic heterocycles. The molecule has 1 fully saturated rings. The molecule has 0 aliphatic carbocycles. The molecule has 0 N–H and O–H groups in total. The maximum Gasteiger partial charge on any atom is 0.420 e. The quantitative estimate of drug-likeness (QED) is 0.403. The van der Waals surface area contributed by atoms with Crippen LogP contribution in [0.2, 0.25) is 5.15 Å². The van der Waals surface area contributed by atoms with Crippen LogP contribution in [0.25, 0.3) is 0 Å². The number of amides is 1. The highest BCUT2D eigenvalue weighted by atomic mass is 35.5. The predicted molar refractivity (Wildman–Crippen MR) is 110 cm³/mol. The van der Waals surface area contributed by atoms with Crippen molar-refractivity contribution in [2.75, 3.05) is 11.4 Å². The van der Waals surface area contributed by atoms with E-state index in [0.717, 1.165) is 23.1 Å². The summed E-state index contributed by atoms with van der Waals surface area (Å²) in [4.78, 5) is 20.3. The number of aromatic nitrogens is 2. The van der Waals surface area contributed by atoms with Crippen molar-refractivity contribution in [1.29, 1.82) is 0 Å². The van der Waals surface area contributed by atoms with Gasteiger partial charge in [-0.2, -0.15) is 31.3 Å². The Bertz CT molecular complexity index is 1210. The molecule has 1 atom stereocenters. The topological polar surface area (TPSA) is 80.2 Å². The molecule has 1 amide bonds.